The third kappa shape index (κ3) is 3.53. The molecular weight excluding hydrogens is 446 g/mol. The van der Waals surface area contributed by atoms with Crippen molar-refractivity contribution in [1.82, 2.24) is 0 Å². The number of Topliss-reactive ketones (excluding diaryl/α,β-unsaturated/α-hetero) is 1. The molecule has 6 heteroatoms. The number of hydrogen-bond acceptors (Lipinski definition) is 4. The van der Waals surface area contributed by atoms with Crippen LogP contribution in [0.3, 0.4) is 0 Å². The number of benzene rings is 3. The van der Waals surface area contributed by atoms with Crippen LogP contribution in [0, 0.1) is 6.92 Å². The lowest BCUT2D eigenvalue weighted by Gasteiger charge is -2.23. The van der Waals surface area contributed by atoms with Crippen LogP contribution in [0.25, 0.3) is 0 Å². The Bertz CT molecular complexity index is 1140. The minimum Gasteiger partial charge on any atom is -0.507 e. The van der Waals surface area contributed by atoms with E-state index < -0.39 is 23.7 Å². The highest BCUT2D eigenvalue weighted by Gasteiger charge is 2.51. The van der Waals surface area contributed by atoms with Crippen LogP contribution in [0.15, 0.2) is 71.2 Å². The Morgan fingerprint density at radius 3 is 2.47 bits per heavy atom. The van der Waals surface area contributed by atoms with Gasteiger partial charge in [0.1, 0.15) is 5.75 Å². The summed E-state index contributed by atoms with van der Waals surface area (Å²) in [5.74, 6) is -1.24. The average Bonchev–Trinajstić information content (AvgIpc) is 2.91. The van der Waals surface area contributed by atoms with Gasteiger partial charge in [-0.25, -0.2) is 0 Å². The molecule has 0 radical (unpaired) electrons. The second-order valence-electron chi connectivity index (χ2n) is 7.52. The van der Waals surface area contributed by atoms with E-state index in [-0.39, 0.29) is 17.9 Å². The molecule has 0 spiro atoms. The molecular formula is C24H20BrNO4. The van der Waals surface area contributed by atoms with E-state index in [2.05, 4.69) is 15.9 Å². The summed E-state index contributed by atoms with van der Waals surface area (Å²) < 4.78 is 0.694. The number of rotatable bonds is 5. The fourth-order valence-corrected chi connectivity index (χ4v) is 4.12. The Hall–Kier alpha value is -2.96. The van der Waals surface area contributed by atoms with Gasteiger partial charge in [0, 0.05) is 10.0 Å². The molecule has 0 aromatic heterocycles. The maximum atomic E-state index is 13.4. The first kappa shape index (κ1) is 20.3. The van der Waals surface area contributed by atoms with Gasteiger partial charge in [0.2, 0.25) is 0 Å². The predicted octanol–water partition coefficient (Wildman–Crippen LogP) is 4.47. The van der Waals surface area contributed by atoms with Crippen LogP contribution in [-0.2, 0) is 16.9 Å². The van der Waals surface area contributed by atoms with Gasteiger partial charge < -0.3 is 15.1 Å². The zero-order chi connectivity index (χ0) is 21.5. The SMILES string of the molecule is Cc1ccc(CN2C(=O)[C@@](O)(CC(=O)c3ccccc3O)c3cc(Br)ccc32)cc1. The number of aliphatic hydroxyl groups is 1. The molecule has 0 bridgehead atoms. The maximum absolute atomic E-state index is 13.4. The first-order valence-electron chi connectivity index (χ1n) is 9.51. The van der Waals surface area contributed by atoms with Crippen LogP contribution in [0.2, 0.25) is 0 Å². The van der Waals surface area contributed by atoms with E-state index in [4.69, 9.17) is 0 Å². The molecule has 1 aliphatic rings. The van der Waals surface area contributed by atoms with Crippen molar-refractivity contribution in [3.8, 4) is 5.75 Å². The van der Waals surface area contributed by atoms with Gasteiger partial charge >= 0.3 is 0 Å². The van der Waals surface area contributed by atoms with Crippen molar-refractivity contribution in [2.24, 2.45) is 0 Å². The van der Waals surface area contributed by atoms with Crippen molar-refractivity contribution >= 4 is 33.3 Å². The Kier molecular flexibility index (Phi) is 5.22. The number of aryl methyl sites for hydroxylation is 1. The molecule has 1 atom stereocenters. The molecule has 1 amide bonds. The highest BCUT2D eigenvalue weighted by molar-refractivity contribution is 9.10. The summed E-state index contributed by atoms with van der Waals surface area (Å²) in [6.45, 7) is 2.27. The highest BCUT2D eigenvalue weighted by atomic mass is 79.9. The number of phenols is 1. The molecule has 0 saturated carbocycles. The molecule has 0 aliphatic carbocycles. The number of hydrogen-bond donors (Lipinski definition) is 2. The summed E-state index contributed by atoms with van der Waals surface area (Å²) in [4.78, 5) is 27.7. The van der Waals surface area contributed by atoms with Gasteiger partial charge in [-0.05, 0) is 42.8 Å². The van der Waals surface area contributed by atoms with Gasteiger partial charge in [0.05, 0.1) is 24.2 Å². The minimum atomic E-state index is -2.01. The van der Waals surface area contributed by atoms with E-state index in [1.165, 1.54) is 17.0 Å². The number of amides is 1. The smallest absolute Gasteiger partial charge is 0.264 e. The first-order valence-corrected chi connectivity index (χ1v) is 10.3. The van der Waals surface area contributed by atoms with Crippen molar-refractivity contribution < 1.29 is 19.8 Å². The molecule has 2 N–H and O–H groups in total. The number of fused-ring (bicyclic) bond motifs is 1. The van der Waals surface area contributed by atoms with Gasteiger partial charge in [-0.2, -0.15) is 0 Å². The summed E-state index contributed by atoms with van der Waals surface area (Å²) in [7, 11) is 0. The van der Waals surface area contributed by atoms with Crippen LogP contribution < -0.4 is 4.90 Å². The first-order chi connectivity index (χ1) is 14.3. The topological polar surface area (TPSA) is 77.8 Å². The second kappa shape index (κ2) is 7.70. The number of halogens is 1. The molecule has 0 unspecified atom stereocenters. The van der Waals surface area contributed by atoms with Crippen molar-refractivity contribution in [1.29, 1.82) is 0 Å². The Morgan fingerprint density at radius 1 is 1.07 bits per heavy atom. The molecule has 3 aromatic rings. The number of ketones is 1. The fraction of sp³-hybridized carbons (Fsp3) is 0.167. The molecule has 4 rings (SSSR count). The Labute approximate surface area is 182 Å². The van der Waals surface area contributed by atoms with Gasteiger partial charge in [0.25, 0.3) is 5.91 Å². The second-order valence-corrected chi connectivity index (χ2v) is 8.43. The number of anilines is 1. The van der Waals surface area contributed by atoms with Crippen LogP contribution in [0.4, 0.5) is 5.69 Å². The maximum Gasteiger partial charge on any atom is 0.264 e. The van der Waals surface area contributed by atoms with E-state index in [9.17, 15) is 19.8 Å². The van der Waals surface area contributed by atoms with E-state index in [1.807, 2.05) is 31.2 Å². The van der Waals surface area contributed by atoms with Crippen LogP contribution in [-0.4, -0.2) is 21.9 Å². The molecule has 3 aromatic carbocycles. The van der Waals surface area contributed by atoms with Gasteiger partial charge in [-0.3, -0.25) is 9.59 Å². The lowest BCUT2D eigenvalue weighted by atomic mass is 9.88. The Morgan fingerprint density at radius 2 is 1.77 bits per heavy atom. The normalized spacial score (nSPS) is 17.8. The molecule has 30 heavy (non-hydrogen) atoms. The lowest BCUT2D eigenvalue weighted by Crippen LogP contribution is -2.41. The number of carbonyl (C=O) groups is 2. The molecule has 1 aliphatic heterocycles. The summed E-state index contributed by atoms with van der Waals surface area (Å²) in [5, 5.41) is 21.4. The molecule has 0 fully saturated rings. The molecule has 1 heterocycles. The molecule has 5 nitrogen and oxygen atoms in total. The summed E-state index contributed by atoms with van der Waals surface area (Å²) >= 11 is 3.39. The third-order valence-corrected chi connectivity index (χ3v) is 5.87. The average molecular weight is 466 g/mol. The monoisotopic (exact) mass is 465 g/mol. The largest absolute Gasteiger partial charge is 0.507 e. The van der Waals surface area contributed by atoms with E-state index in [0.29, 0.717) is 15.7 Å². The van der Waals surface area contributed by atoms with E-state index in [1.54, 1.807) is 30.3 Å². The Balaban J connectivity index is 1.72. The van der Waals surface area contributed by atoms with Crippen LogP contribution in [0.5, 0.6) is 5.75 Å². The quantitative estimate of drug-likeness (QED) is 0.544. The summed E-state index contributed by atoms with van der Waals surface area (Å²) in [5.41, 5.74) is 1.03. The van der Waals surface area contributed by atoms with Crippen molar-refractivity contribution in [2.75, 3.05) is 4.90 Å². The van der Waals surface area contributed by atoms with Crippen molar-refractivity contribution in [3.63, 3.8) is 0 Å². The number of phenolic OH excluding ortho intramolecular Hbond substituents is 1. The zero-order valence-corrected chi connectivity index (χ0v) is 17.9. The minimum absolute atomic E-state index is 0.0762. The number of para-hydroxylation sites is 1. The fourth-order valence-electron chi connectivity index (χ4n) is 3.76. The molecule has 152 valence electrons. The lowest BCUT2D eigenvalue weighted by molar-refractivity contribution is -0.136. The van der Waals surface area contributed by atoms with Crippen LogP contribution >= 0.6 is 15.9 Å². The number of nitrogens with zero attached hydrogens (tertiary/aromatic N) is 1. The van der Waals surface area contributed by atoms with E-state index >= 15 is 0 Å². The third-order valence-electron chi connectivity index (χ3n) is 5.38. The number of carbonyl (C=O) groups excluding carboxylic acids is 2. The van der Waals surface area contributed by atoms with Crippen LogP contribution in [0.1, 0.15) is 33.5 Å². The zero-order valence-electron chi connectivity index (χ0n) is 16.3. The van der Waals surface area contributed by atoms with Gasteiger partial charge in [0.15, 0.2) is 11.4 Å². The summed E-state index contributed by atoms with van der Waals surface area (Å²) in [6, 6.07) is 19.1. The van der Waals surface area contributed by atoms with E-state index in [0.717, 1.165) is 11.1 Å². The number of aromatic hydroxyl groups is 1. The summed E-state index contributed by atoms with van der Waals surface area (Å²) in [6.07, 6.45) is -0.461. The van der Waals surface area contributed by atoms with Crippen molar-refractivity contribution in [2.45, 2.75) is 25.5 Å². The van der Waals surface area contributed by atoms with Gasteiger partial charge in [-0.1, -0.05) is 57.9 Å². The highest BCUT2D eigenvalue weighted by Crippen LogP contribution is 2.45. The van der Waals surface area contributed by atoms with Crippen molar-refractivity contribution in [3.05, 3.63) is 93.5 Å². The molecule has 0 saturated heterocycles. The standard InChI is InChI=1S/C24H20BrNO4/c1-15-6-8-16(9-7-15)14-26-20-11-10-17(25)12-19(20)24(30,23(26)29)13-22(28)18-4-2-3-5-21(18)27/h2-12,27,30H,13-14H2,1H3/t24-/m1/s1. The predicted molar refractivity (Wildman–Crippen MR) is 117 cm³/mol. The van der Waals surface area contributed by atoms with Gasteiger partial charge in [-0.15, -0.1) is 0 Å².